The molecule has 0 aromatic carbocycles. The number of sulfonamides is 1. The van der Waals surface area contributed by atoms with Crippen LogP contribution in [0.5, 0.6) is 0 Å². The van der Waals surface area contributed by atoms with Crippen LogP contribution in [-0.2, 0) is 14.8 Å². The number of thioether (sulfide) groups is 1. The van der Waals surface area contributed by atoms with E-state index in [1.54, 1.807) is 16.7 Å². The molecule has 0 bridgehead atoms. The second-order valence-corrected chi connectivity index (χ2v) is 7.09. The van der Waals surface area contributed by atoms with E-state index >= 15 is 0 Å². The van der Waals surface area contributed by atoms with Crippen molar-refractivity contribution in [2.45, 2.75) is 12.3 Å². The third-order valence-corrected chi connectivity index (χ3v) is 4.79. The van der Waals surface area contributed by atoms with Crippen molar-refractivity contribution in [2.75, 3.05) is 32.1 Å². The van der Waals surface area contributed by atoms with Gasteiger partial charge in [0.25, 0.3) is 0 Å². The Morgan fingerprint density at radius 2 is 2.20 bits per heavy atom. The van der Waals surface area contributed by atoms with Gasteiger partial charge in [0.1, 0.15) is 0 Å². The Hall–Kier alpha value is -0.270. The van der Waals surface area contributed by atoms with Gasteiger partial charge in [0.2, 0.25) is 15.9 Å². The highest BCUT2D eigenvalue weighted by atomic mass is 32.2. The molecule has 5 nitrogen and oxygen atoms in total. The monoisotopic (exact) mass is 252 g/mol. The Morgan fingerprint density at radius 1 is 1.60 bits per heavy atom. The van der Waals surface area contributed by atoms with Gasteiger partial charge in [0.05, 0.1) is 18.2 Å². The summed E-state index contributed by atoms with van der Waals surface area (Å²) in [6.45, 7) is 2.60. The number of hydrogen-bond acceptors (Lipinski definition) is 4. The van der Waals surface area contributed by atoms with Crippen LogP contribution in [0.1, 0.15) is 6.92 Å². The predicted octanol–water partition coefficient (Wildman–Crippen LogP) is -0.201. The van der Waals surface area contributed by atoms with Crippen LogP contribution >= 0.6 is 11.8 Å². The fraction of sp³-hybridized carbons (Fsp3) is 0.875. The molecule has 0 N–H and O–H groups in total. The Kier molecular flexibility index (Phi) is 4.02. The molecule has 0 aromatic rings. The predicted molar refractivity (Wildman–Crippen MR) is 61.1 cm³/mol. The van der Waals surface area contributed by atoms with Crippen LogP contribution in [0.25, 0.3) is 0 Å². The van der Waals surface area contributed by atoms with Crippen LogP contribution in [0.3, 0.4) is 0 Å². The van der Waals surface area contributed by atoms with Crippen LogP contribution in [0, 0.1) is 0 Å². The number of rotatable bonds is 3. The van der Waals surface area contributed by atoms with Gasteiger partial charge < -0.3 is 4.90 Å². The first-order chi connectivity index (χ1) is 6.82. The summed E-state index contributed by atoms with van der Waals surface area (Å²) < 4.78 is 23.3. The second-order valence-electron chi connectivity index (χ2n) is 3.58. The Labute approximate surface area is 94.9 Å². The van der Waals surface area contributed by atoms with Crippen molar-refractivity contribution in [3.8, 4) is 0 Å². The maximum atomic E-state index is 11.7. The van der Waals surface area contributed by atoms with Crippen LogP contribution < -0.4 is 0 Å². The first kappa shape index (κ1) is 12.8. The lowest BCUT2D eigenvalue weighted by Crippen LogP contribution is -2.41. The van der Waals surface area contributed by atoms with Crippen molar-refractivity contribution in [1.29, 1.82) is 0 Å². The quantitative estimate of drug-likeness (QED) is 0.698. The zero-order chi connectivity index (χ0) is 11.6. The molecule has 1 rings (SSSR count). The van der Waals surface area contributed by atoms with Gasteiger partial charge in [-0.3, -0.25) is 4.79 Å². The van der Waals surface area contributed by atoms with E-state index in [9.17, 15) is 13.2 Å². The summed E-state index contributed by atoms with van der Waals surface area (Å²) in [7, 11) is -1.85. The Balaban J connectivity index is 2.56. The maximum absolute atomic E-state index is 11.7. The van der Waals surface area contributed by atoms with Gasteiger partial charge in [0.15, 0.2) is 0 Å². The van der Waals surface area contributed by atoms with Crippen LogP contribution in [0.2, 0.25) is 0 Å². The molecule has 1 atom stereocenters. The van der Waals surface area contributed by atoms with Crippen molar-refractivity contribution in [1.82, 2.24) is 9.21 Å². The second kappa shape index (κ2) is 4.71. The van der Waals surface area contributed by atoms with Gasteiger partial charge in [-0.25, -0.2) is 8.42 Å². The van der Waals surface area contributed by atoms with E-state index in [0.29, 0.717) is 6.54 Å². The molecule has 1 heterocycles. The fourth-order valence-corrected chi connectivity index (χ4v) is 2.71. The van der Waals surface area contributed by atoms with E-state index in [1.807, 2.05) is 6.92 Å². The number of carbonyl (C=O) groups excluding carboxylic acids is 1. The van der Waals surface area contributed by atoms with Gasteiger partial charge in [-0.05, 0) is 6.92 Å². The van der Waals surface area contributed by atoms with E-state index in [1.165, 1.54) is 7.05 Å². The molecule has 88 valence electrons. The van der Waals surface area contributed by atoms with Crippen LogP contribution in [-0.4, -0.2) is 61.0 Å². The highest BCUT2D eigenvalue weighted by molar-refractivity contribution is 8.00. The average Bonchev–Trinajstić information content (AvgIpc) is 2.49. The molecule has 7 heteroatoms. The molecule has 0 spiro atoms. The zero-order valence-electron chi connectivity index (χ0n) is 9.13. The topological polar surface area (TPSA) is 57.7 Å². The maximum Gasteiger partial charge on any atom is 0.238 e. The Morgan fingerprint density at radius 3 is 2.60 bits per heavy atom. The number of nitrogens with zero attached hydrogens (tertiary/aromatic N) is 2. The summed E-state index contributed by atoms with van der Waals surface area (Å²) in [5.74, 6) is 0.801. The van der Waals surface area contributed by atoms with Crippen LogP contribution in [0.15, 0.2) is 0 Å². The third-order valence-electron chi connectivity index (χ3n) is 2.37. The van der Waals surface area contributed by atoms with E-state index in [-0.39, 0.29) is 17.8 Å². The van der Waals surface area contributed by atoms with Gasteiger partial charge in [0, 0.05) is 19.3 Å². The first-order valence-corrected chi connectivity index (χ1v) is 7.54. The number of hydrogen-bond donors (Lipinski definition) is 0. The summed E-state index contributed by atoms with van der Waals surface area (Å²) >= 11 is 1.71. The average molecular weight is 252 g/mol. The van der Waals surface area contributed by atoms with Crippen molar-refractivity contribution in [3.63, 3.8) is 0 Å². The van der Waals surface area contributed by atoms with E-state index in [4.69, 9.17) is 0 Å². The molecule has 0 aliphatic carbocycles. The number of amides is 1. The molecule has 1 aliphatic rings. The Bertz CT molecular complexity index is 342. The van der Waals surface area contributed by atoms with Gasteiger partial charge in [-0.15, -0.1) is 11.8 Å². The SMILES string of the molecule is CC1SCCN1C(=O)CN(C)S(C)(=O)=O. The molecule has 0 saturated carbocycles. The summed E-state index contributed by atoms with van der Waals surface area (Å²) in [5, 5.41) is 0.158. The molecule has 1 fully saturated rings. The minimum Gasteiger partial charge on any atom is -0.329 e. The molecule has 15 heavy (non-hydrogen) atoms. The molecule has 1 aliphatic heterocycles. The van der Waals surface area contributed by atoms with Gasteiger partial charge >= 0.3 is 0 Å². The molecule has 0 radical (unpaired) electrons. The normalized spacial score (nSPS) is 22.4. The lowest BCUT2D eigenvalue weighted by Gasteiger charge is -2.23. The smallest absolute Gasteiger partial charge is 0.238 e. The molecular weight excluding hydrogens is 236 g/mol. The molecule has 0 aromatic heterocycles. The van der Waals surface area contributed by atoms with Gasteiger partial charge in [-0.2, -0.15) is 4.31 Å². The van der Waals surface area contributed by atoms with E-state index < -0.39 is 10.0 Å². The first-order valence-electron chi connectivity index (χ1n) is 4.65. The molecule has 1 unspecified atom stereocenters. The standard InChI is InChI=1S/C8H16N2O3S2/c1-7-10(4-5-14-7)8(11)6-9(2)15(3,12)13/h7H,4-6H2,1-3H3. The van der Waals surface area contributed by atoms with Gasteiger partial charge in [-0.1, -0.05) is 0 Å². The highest BCUT2D eigenvalue weighted by Gasteiger charge is 2.27. The van der Waals surface area contributed by atoms with Crippen molar-refractivity contribution >= 4 is 27.7 Å². The molecule has 1 saturated heterocycles. The largest absolute Gasteiger partial charge is 0.329 e. The highest BCUT2D eigenvalue weighted by Crippen LogP contribution is 2.22. The fourth-order valence-electron chi connectivity index (χ4n) is 1.32. The van der Waals surface area contributed by atoms with Crippen molar-refractivity contribution in [2.24, 2.45) is 0 Å². The minimum absolute atomic E-state index is 0.0657. The van der Waals surface area contributed by atoms with Crippen molar-refractivity contribution in [3.05, 3.63) is 0 Å². The van der Waals surface area contributed by atoms with Crippen LogP contribution in [0.4, 0.5) is 0 Å². The lowest BCUT2D eigenvalue weighted by molar-refractivity contribution is -0.131. The third kappa shape index (κ3) is 3.35. The number of likely N-dealkylation sites (N-methyl/N-ethyl adjacent to an activating group) is 1. The summed E-state index contributed by atoms with van der Waals surface area (Å²) in [5.41, 5.74) is 0. The summed E-state index contributed by atoms with van der Waals surface area (Å²) in [4.78, 5) is 13.4. The zero-order valence-corrected chi connectivity index (χ0v) is 10.8. The van der Waals surface area contributed by atoms with E-state index in [2.05, 4.69) is 0 Å². The summed E-state index contributed by atoms with van der Waals surface area (Å²) in [6, 6.07) is 0. The number of carbonyl (C=O) groups is 1. The lowest BCUT2D eigenvalue weighted by atomic mass is 10.4. The van der Waals surface area contributed by atoms with E-state index in [0.717, 1.165) is 16.3 Å². The summed E-state index contributed by atoms with van der Waals surface area (Å²) in [6.07, 6.45) is 1.10. The molecular formula is C8H16N2O3S2. The molecule has 1 amide bonds. The minimum atomic E-state index is -3.27. The van der Waals surface area contributed by atoms with Crippen molar-refractivity contribution < 1.29 is 13.2 Å².